The number of aliphatic hydroxyl groups is 1. The molecule has 4 amide bonds. The maximum absolute atomic E-state index is 12.5. The molecule has 32 heavy (non-hydrogen) atoms. The van der Waals surface area contributed by atoms with Crippen molar-refractivity contribution >= 4 is 41.0 Å². The Bertz CT molecular complexity index is 939. The molecule has 0 aliphatic carbocycles. The van der Waals surface area contributed by atoms with Crippen molar-refractivity contribution in [3.63, 3.8) is 0 Å². The molecular weight excluding hydrogens is 420 g/mol. The highest BCUT2D eigenvalue weighted by Crippen LogP contribution is 2.31. The minimum Gasteiger partial charge on any atom is -0.434 e. The summed E-state index contributed by atoms with van der Waals surface area (Å²) in [5, 5.41) is 19.3. The van der Waals surface area contributed by atoms with Gasteiger partial charge >= 0.3 is 17.8 Å². The summed E-state index contributed by atoms with van der Waals surface area (Å²) in [6, 6.07) is 2.92. The second kappa shape index (κ2) is 9.77. The molecule has 1 aromatic rings. The van der Waals surface area contributed by atoms with Gasteiger partial charge in [-0.3, -0.25) is 24.0 Å². The zero-order chi connectivity index (χ0) is 24.2. The summed E-state index contributed by atoms with van der Waals surface area (Å²) < 4.78 is 4.54. The van der Waals surface area contributed by atoms with Gasteiger partial charge in [-0.1, -0.05) is 26.8 Å². The molecule has 1 aromatic carbocycles. The Labute approximate surface area is 185 Å². The van der Waals surface area contributed by atoms with Crippen LogP contribution >= 0.6 is 0 Å². The van der Waals surface area contributed by atoms with E-state index < -0.39 is 42.1 Å². The molecular formula is C21H28N4O7. The average molecular weight is 448 g/mol. The van der Waals surface area contributed by atoms with Crippen LogP contribution in [0.4, 0.5) is 11.4 Å². The van der Waals surface area contributed by atoms with Crippen molar-refractivity contribution in [2.45, 2.75) is 64.8 Å². The number of carbonyl (C=O) groups is 5. The first-order chi connectivity index (χ1) is 14.8. The van der Waals surface area contributed by atoms with E-state index in [9.17, 15) is 29.1 Å². The van der Waals surface area contributed by atoms with Crippen LogP contribution in [-0.4, -0.2) is 53.1 Å². The molecule has 11 heteroatoms. The number of aliphatic hydroxyl groups excluding tert-OH is 1. The standard InChI is InChI=1S/C21H28N4O7/c1-10(17(28)25-15-9-16(27)32-20(15)31)22-18(29)19(30)24-14-8-12(23-11(2)26)6-7-13(14)21(3,4)5/h6-8,10,15,20,31H,9H2,1-5H3,(H,22,29)(H,23,26)(H,24,30)(H,25,28). The molecule has 2 rings (SSSR count). The highest BCUT2D eigenvalue weighted by molar-refractivity contribution is 6.40. The van der Waals surface area contributed by atoms with E-state index >= 15 is 0 Å². The summed E-state index contributed by atoms with van der Waals surface area (Å²) in [5.41, 5.74) is 1.15. The van der Waals surface area contributed by atoms with E-state index in [0.717, 1.165) is 5.56 Å². The Hall–Kier alpha value is -3.47. The number of hydrogen-bond acceptors (Lipinski definition) is 7. The third-order valence-corrected chi connectivity index (χ3v) is 4.65. The quantitative estimate of drug-likeness (QED) is 0.316. The van der Waals surface area contributed by atoms with Gasteiger partial charge in [0, 0.05) is 18.3 Å². The number of esters is 1. The Morgan fingerprint density at radius 2 is 1.78 bits per heavy atom. The molecule has 11 nitrogen and oxygen atoms in total. The average Bonchev–Trinajstić information content (AvgIpc) is 2.97. The number of benzene rings is 1. The summed E-state index contributed by atoms with van der Waals surface area (Å²) in [4.78, 5) is 59.5. The number of nitrogens with one attached hydrogen (secondary N) is 4. The van der Waals surface area contributed by atoms with Gasteiger partial charge in [0.15, 0.2) is 0 Å². The zero-order valence-corrected chi connectivity index (χ0v) is 18.6. The highest BCUT2D eigenvalue weighted by atomic mass is 16.6. The first kappa shape index (κ1) is 24.8. The summed E-state index contributed by atoms with van der Waals surface area (Å²) in [6.45, 7) is 8.47. The number of carbonyl (C=O) groups excluding carboxylic acids is 5. The van der Waals surface area contributed by atoms with Crippen LogP contribution < -0.4 is 21.3 Å². The summed E-state index contributed by atoms with van der Waals surface area (Å²) in [6.07, 6.45) is -1.67. The molecule has 3 atom stereocenters. The molecule has 0 radical (unpaired) electrons. The van der Waals surface area contributed by atoms with Crippen molar-refractivity contribution in [3.05, 3.63) is 23.8 Å². The second-order valence-electron chi connectivity index (χ2n) is 8.54. The molecule has 1 heterocycles. The van der Waals surface area contributed by atoms with Crippen molar-refractivity contribution in [1.82, 2.24) is 10.6 Å². The van der Waals surface area contributed by atoms with Crippen LogP contribution in [0.25, 0.3) is 0 Å². The molecule has 0 bridgehead atoms. The van der Waals surface area contributed by atoms with Gasteiger partial charge in [-0.05, 0) is 30.0 Å². The van der Waals surface area contributed by atoms with Crippen LogP contribution in [0.15, 0.2) is 18.2 Å². The van der Waals surface area contributed by atoms with Gasteiger partial charge < -0.3 is 31.1 Å². The molecule has 0 spiro atoms. The number of cyclic esters (lactones) is 1. The monoisotopic (exact) mass is 448 g/mol. The second-order valence-corrected chi connectivity index (χ2v) is 8.54. The topological polar surface area (TPSA) is 163 Å². The van der Waals surface area contributed by atoms with Gasteiger partial charge in [-0.2, -0.15) is 0 Å². The van der Waals surface area contributed by atoms with E-state index in [4.69, 9.17) is 0 Å². The van der Waals surface area contributed by atoms with Gasteiger partial charge in [0.05, 0.1) is 6.42 Å². The van der Waals surface area contributed by atoms with Crippen LogP contribution in [0, 0.1) is 0 Å². The molecule has 1 saturated heterocycles. The number of ether oxygens (including phenoxy) is 1. The van der Waals surface area contributed by atoms with E-state index in [0.29, 0.717) is 11.4 Å². The Kier molecular flexibility index (Phi) is 7.57. The van der Waals surface area contributed by atoms with Crippen LogP contribution in [-0.2, 0) is 34.1 Å². The summed E-state index contributed by atoms with van der Waals surface area (Å²) in [5.74, 6) is -3.71. The largest absolute Gasteiger partial charge is 0.434 e. The molecule has 5 N–H and O–H groups in total. The number of anilines is 2. The fourth-order valence-corrected chi connectivity index (χ4v) is 3.06. The Morgan fingerprint density at radius 3 is 2.31 bits per heavy atom. The van der Waals surface area contributed by atoms with E-state index in [2.05, 4.69) is 26.0 Å². The van der Waals surface area contributed by atoms with Gasteiger partial charge in [-0.25, -0.2) is 0 Å². The number of rotatable bonds is 5. The van der Waals surface area contributed by atoms with Crippen molar-refractivity contribution in [1.29, 1.82) is 0 Å². The maximum atomic E-state index is 12.5. The van der Waals surface area contributed by atoms with Gasteiger partial charge in [0.2, 0.25) is 18.1 Å². The summed E-state index contributed by atoms with van der Waals surface area (Å²) in [7, 11) is 0. The predicted octanol–water partition coefficient (Wildman–Crippen LogP) is 0.136. The lowest BCUT2D eigenvalue weighted by atomic mass is 9.85. The van der Waals surface area contributed by atoms with E-state index in [1.165, 1.54) is 13.8 Å². The maximum Gasteiger partial charge on any atom is 0.313 e. The third kappa shape index (κ3) is 6.51. The van der Waals surface area contributed by atoms with Crippen LogP contribution in [0.2, 0.25) is 0 Å². The number of hydrogen-bond donors (Lipinski definition) is 5. The van der Waals surface area contributed by atoms with Crippen molar-refractivity contribution in [2.24, 2.45) is 0 Å². The molecule has 1 aliphatic heterocycles. The van der Waals surface area contributed by atoms with Crippen molar-refractivity contribution in [2.75, 3.05) is 10.6 Å². The molecule has 174 valence electrons. The van der Waals surface area contributed by atoms with E-state index in [-0.39, 0.29) is 17.7 Å². The third-order valence-electron chi connectivity index (χ3n) is 4.65. The van der Waals surface area contributed by atoms with Crippen LogP contribution in [0.5, 0.6) is 0 Å². The first-order valence-corrected chi connectivity index (χ1v) is 10.00. The molecule has 0 aromatic heterocycles. The lowest BCUT2D eigenvalue weighted by Gasteiger charge is -2.24. The first-order valence-electron chi connectivity index (χ1n) is 10.00. The van der Waals surface area contributed by atoms with Crippen molar-refractivity contribution < 1.29 is 33.8 Å². The molecule has 1 fully saturated rings. The van der Waals surface area contributed by atoms with Crippen molar-refractivity contribution in [3.8, 4) is 0 Å². The van der Waals surface area contributed by atoms with Gasteiger partial charge in [0.25, 0.3) is 0 Å². The van der Waals surface area contributed by atoms with Crippen LogP contribution in [0.3, 0.4) is 0 Å². The highest BCUT2D eigenvalue weighted by Gasteiger charge is 2.35. The van der Waals surface area contributed by atoms with Gasteiger partial charge in [-0.15, -0.1) is 0 Å². The fourth-order valence-electron chi connectivity index (χ4n) is 3.06. The van der Waals surface area contributed by atoms with Crippen LogP contribution in [0.1, 0.15) is 46.6 Å². The lowest BCUT2D eigenvalue weighted by molar-refractivity contribution is -0.155. The molecule has 1 aliphatic rings. The summed E-state index contributed by atoms with van der Waals surface area (Å²) >= 11 is 0. The Balaban J connectivity index is 2.06. The smallest absolute Gasteiger partial charge is 0.313 e. The predicted molar refractivity (Wildman–Crippen MR) is 114 cm³/mol. The van der Waals surface area contributed by atoms with E-state index in [1.807, 2.05) is 20.8 Å². The zero-order valence-electron chi connectivity index (χ0n) is 18.6. The molecule has 0 saturated carbocycles. The minimum atomic E-state index is -1.47. The number of amides is 4. The fraction of sp³-hybridized carbons (Fsp3) is 0.476. The minimum absolute atomic E-state index is 0.200. The van der Waals surface area contributed by atoms with E-state index in [1.54, 1.807) is 18.2 Å². The Morgan fingerprint density at radius 1 is 1.12 bits per heavy atom. The van der Waals surface area contributed by atoms with Gasteiger partial charge in [0.1, 0.15) is 12.1 Å². The normalized spacial score (nSPS) is 18.9. The SMILES string of the molecule is CC(=O)Nc1ccc(C(C)(C)C)c(NC(=O)C(=O)NC(C)C(=O)NC2CC(=O)OC2O)c1. The lowest BCUT2D eigenvalue weighted by Crippen LogP contribution is -2.52. The molecule has 3 unspecified atom stereocenters.